The molecule has 0 aromatic heterocycles. The summed E-state index contributed by atoms with van der Waals surface area (Å²) in [6.07, 6.45) is -0.349. The number of rotatable bonds is 3. The molecule has 1 unspecified atom stereocenters. The maximum Gasteiger partial charge on any atom is 0.185 e. The average molecular weight is 280 g/mol. The largest absolute Gasteiger partial charge is 0.485 e. The molecule has 1 saturated heterocycles. The number of piperazine rings is 1. The van der Waals surface area contributed by atoms with Gasteiger partial charge in [0.25, 0.3) is 0 Å². The van der Waals surface area contributed by atoms with Crippen LogP contribution in [0.2, 0.25) is 0 Å². The highest BCUT2D eigenvalue weighted by atomic mass is 16.6. The van der Waals surface area contributed by atoms with Gasteiger partial charge in [-0.2, -0.15) is 0 Å². The molecular weight excluding hydrogens is 260 g/mol. The molecule has 1 aromatic carbocycles. The summed E-state index contributed by atoms with van der Waals surface area (Å²) in [4.78, 5) is 2.24. The van der Waals surface area contributed by atoms with Crippen LogP contribution < -0.4 is 19.7 Å². The number of aliphatic hydroxyl groups is 2. The minimum Gasteiger partial charge on any atom is -0.485 e. The summed E-state index contributed by atoms with van der Waals surface area (Å²) in [5, 5.41) is 22.0. The second kappa shape index (κ2) is 5.87. The molecule has 1 atom stereocenters. The Morgan fingerprint density at radius 1 is 1.20 bits per heavy atom. The number of fused-ring (bicyclic) bond motifs is 1. The Balaban J connectivity index is 1.97. The smallest absolute Gasteiger partial charge is 0.185 e. The van der Waals surface area contributed by atoms with E-state index in [2.05, 4.69) is 10.2 Å². The molecule has 0 radical (unpaired) electrons. The van der Waals surface area contributed by atoms with Crippen molar-refractivity contribution in [1.82, 2.24) is 5.32 Å². The van der Waals surface area contributed by atoms with Gasteiger partial charge < -0.3 is 29.9 Å². The SMILES string of the molecule is OCc1ccc(N2CCNCC2)c2c1OCC(CO)O2. The highest BCUT2D eigenvalue weighted by Crippen LogP contribution is 2.43. The predicted octanol–water partition coefficient (Wildman–Crippen LogP) is -0.279. The molecule has 2 heterocycles. The van der Waals surface area contributed by atoms with Crippen LogP contribution in [0.1, 0.15) is 5.56 Å². The summed E-state index contributed by atoms with van der Waals surface area (Å²) in [7, 11) is 0. The first-order valence-electron chi connectivity index (χ1n) is 6.96. The van der Waals surface area contributed by atoms with Gasteiger partial charge in [-0.15, -0.1) is 0 Å². The number of nitrogens with one attached hydrogen (secondary N) is 1. The second-order valence-corrected chi connectivity index (χ2v) is 5.03. The Bertz CT molecular complexity index is 474. The molecule has 0 amide bonds. The number of nitrogens with zero attached hydrogens (tertiary/aromatic N) is 1. The molecular formula is C14H20N2O4. The van der Waals surface area contributed by atoms with E-state index in [0.717, 1.165) is 37.4 Å². The summed E-state index contributed by atoms with van der Waals surface area (Å²) in [5.74, 6) is 1.25. The molecule has 0 bridgehead atoms. The van der Waals surface area contributed by atoms with E-state index in [0.29, 0.717) is 18.1 Å². The number of benzene rings is 1. The first-order valence-corrected chi connectivity index (χ1v) is 6.96. The van der Waals surface area contributed by atoms with E-state index < -0.39 is 0 Å². The Hall–Kier alpha value is -1.50. The molecule has 0 spiro atoms. The van der Waals surface area contributed by atoms with Crippen molar-refractivity contribution >= 4 is 5.69 Å². The zero-order valence-electron chi connectivity index (χ0n) is 11.3. The standard InChI is InChI=1S/C14H20N2O4/c17-7-10-1-2-12(16-5-3-15-4-6-16)14-13(10)19-9-11(8-18)20-14/h1-2,11,15,17-18H,3-9H2. The van der Waals surface area contributed by atoms with Crippen molar-refractivity contribution in [3.63, 3.8) is 0 Å². The molecule has 0 saturated carbocycles. The summed E-state index contributed by atoms with van der Waals surface area (Å²) in [6, 6.07) is 3.83. The molecule has 3 N–H and O–H groups in total. The Labute approximate surface area is 117 Å². The van der Waals surface area contributed by atoms with Crippen molar-refractivity contribution in [2.45, 2.75) is 12.7 Å². The first-order chi connectivity index (χ1) is 9.83. The highest BCUT2D eigenvalue weighted by molar-refractivity contribution is 5.68. The van der Waals surface area contributed by atoms with Gasteiger partial charge in [0, 0.05) is 31.7 Å². The minimum atomic E-state index is -0.349. The summed E-state index contributed by atoms with van der Waals surface area (Å²) >= 11 is 0. The van der Waals surface area contributed by atoms with Crippen molar-refractivity contribution in [2.24, 2.45) is 0 Å². The van der Waals surface area contributed by atoms with Gasteiger partial charge >= 0.3 is 0 Å². The lowest BCUT2D eigenvalue weighted by Gasteiger charge is -2.34. The molecule has 2 aliphatic heterocycles. The van der Waals surface area contributed by atoms with Gasteiger partial charge in [0.15, 0.2) is 17.6 Å². The van der Waals surface area contributed by atoms with Crippen LogP contribution in [0.3, 0.4) is 0 Å². The molecule has 1 fully saturated rings. The Morgan fingerprint density at radius 3 is 2.70 bits per heavy atom. The van der Waals surface area contributed by atoms with Crippen molar-refractivity contribution in [2.75, 3.05) is 44.3 Å². The minimum absolute atomic E-state index is 0.0796. The van der Waals surface area contributed by atoms with Gasteiger partial charge in [0.05, 0.1) is 18.9 Å². The van der Waals surface area contributed by atoms with Crippen LogP contribution in [0.5, 0.6) is 11.5 Å². The maximum absolute atomic E-state index is 9.41. The van der Waals surface area contributed by atoms with Crippen molar-refractivity contribution in [3.8, 4) is 11.5 Å². The third-order valence-electron chi connectivity index (χ3n) is 3.70. The molecule has 110 valence electrons. The Kier molecular flexibility index (Phi) is 3.95. The normalized spacial score (nSPS) is 21.9. The fraction of sp³-hybridized carbons (Fsp3) is 0.571. The zero-order valence-corrected chi connectivity index (χ0v) is 11.3. The lowest BCUT2D eigenvalue weighted by molar-refractivity contribution is 0.0445. The fourth-order valence-electron chi connectivity index (χ4n) is 2.61. The number of anilines is 1. The highest BCUT2D eigenvalue weighted by Gasteiger charge is 2.28. The lowest BCUT2D eigenvalue weighted by Crippen LogP contribution is -2.44. The van der Waals surface area contributed by atoms with E-state index in [9.17, 15) is 10.2 Å². The molecule has 1 aromatic rings. The number of hydrogen-bond acceptors (Lipinski definition) is 6. The van der Waals surface area contributed by atoms with Gasteiger partial charge in [-0.05, 0) is 6.07 Å². The molecule has 6 nitrogen and oxygen atoms in total. The van der Waals surface area contributed by atoms with Crippen LogP contribution in [-0.2, 0) is 6.61 Å². The van der Waals surface area contributed by atoms with E-state index in [1.165, 1.54) is 0 Å². The second-order valence-electron chi connectivity index (χ2n) is 5.03. The third-order valence-corrected chi connectivity index (χ3v) is 3.70. The van der Waals surface area contributed by atoms with E-state index in [4.69, 9.17) is 9.47 Å². The fourth-order valence-corrected chi connectivity index (χ4v) is 2.61. The van der Waals surface area contributed by atoms with Crippen molar-refractivity contribution < 1.29 is 19.7 Å². The van der Waals surface area contributed by atoms with Gasteiger partial charge in [-0.1, -0.05) is 6.07 Å². The van der Waals surface area contributed by atoms with Gasteiger partial charge in [0.2, 0.25) is 0 Å². The summed E-state index contributed by atoms with van der Waals surface area (Å²) < 4.78 is 11.6. The number of ether oxygens (including phenoxy) is 2. The molecule has 20 heavy (non-hydrogen) atoms. The maximum atomic E-state index is 9.41. The third kappa shape index (κ3) is 2.42. The zero-order chi connectivity index (χ0) is 13.9. The lowest BCUT2D eigenvalue weighted by atomic mass is 10.1. The van der Waals surface area contributed by atoms with E-state index in [-0.39, 0.29) is 19.3 Å². The van der Waals surface area contributed by atoms with Crippen LogP contribution in [-0.4, -0.2) is 55.7 Å². The van der Waals surface area contributed by atoms with E-state index in [1.807, 2.05) is 12.1 Å². The van der Waals surface area contributed by atoms with Crippen molar-refractivity contribution in [1.29, 1.82) is 0 Å². The monoisotopic (exact) mass is 280 g/mol. The van der Waals surface area contributed by atoms with E-state index >= 15 is 0 Å². The van der Waals surface area contributed by atoms with Crippen LogP contribution >= 0.6 is 0 Å². The molecule has 6 heteroatoms. The number of aliphatic hydroxyl groups excluding tert-OH is 2. The van der Waals surface area contributed by atoms with Gasteiger partial charge in [0.1, 0.15) is 6.61 Å². The Morgan fingerprint density at radius 2 is 2.00 bits per heavy atom. The van der Waals surface area contributed by atoms with Crippen molar-refractivity contribution in [3.05, 3.63) is 17.7 Å². The molecule has 0 aliphatic carbocycles. The quantitative estimate of drug-likeness (QED) is 0.707. The first kappa shape index (κ1) is 13.5. The van der Waals surface area contributed by atoms with Crippen LogP contribution in [0.4, 0.5) is 5.69 Å². The van der Waals surface area contributed by atoms with Gasteiger partial charge in [-0.3, -0.25) is 0 Å². The van der Waals surface area contributed by atoms with Crippen LogP contribution in [0.15, 0.2) is 12.1 Å². The van der Waals surface area contributed by atoms with Crippen LogP contribution in [0, 0.1) is 0 Å². The van der Waals surface area contributed by atoms with Crippen LogP contribution in [0.25, 0.3) is 0 Å². The topological polar surface area (TPSA) is 74.2 Å². The molecule has 2 aliphatic rings. The van der Waals surface area contributed by atoms with Gasteiger partial charge in [-0.25, -0.2) is 0 Å². The molecule has 3 rings (SSSR count). The predicted molar refractivity (Wildman–Crippen MR) is 74.4 cm³/mol. The summed E-state index contributed by atoms with van der Waals surface area (Å²) in [6.45, 7) is 3.81. The number of hydrogen-bond donors (Lipinski definition) is 3. The average Bonchev–Trinajstić information content (AvgIpc) is 2.54. The van der Waals surface area contributed by atoms with E-state index in [1.54, 1.807) is 0 Å². The summed E-state index contributed by atoms with van der Waals surface area (Å²) in [5.41, 5.74) is 1.69.